The smallest absolute Gasteiger partial charge is 0.243 e. The largest absolute Gasteiger partial charge is 0.326 e. The number of amides is 2. The first-order valence-electron chi connectivity index (χ1n) is 6.06. The number of nitrogens with one attached hydrogen (secondary N) is 1. The van der Waals surface area contributed by atoms with Gasteiger partial charge in [0, 0.05) is 18.7 Å². The van der Waals surface area contributed by atoms with E-state index in [0.717, 1.165) is 5.56 Å². The minimum atomic E-state index is -0.385. The molecule has 3 N–H and O–H groups in total. The van der Waals surface area contributed by atoms with E-state index in [0.29, 0.717) is 12.1 Å². The number of hydrogen-bond acceptors (Lipinski definition) is 4. The molecule has 6 heteroatoms. The SMILES string of the molecule is CC1C(=O)NC(=O)CN1Cc1ccc(F)c(CN)c1. The predicted octanol–water partition coefficient (Wildman–Crippen LogP) is 0.131. The number of benzene rings is 1. The summed E-state index contributed by atoms with van der Waals surface area (Å²) in [6.07, 6.45) is 0. The molecule has 0 saturated carbocycles. The van der Waals surface area contributed by atoms with E-state index in [2.05, 4.69) is 5.32 Å². The normalized spacial score (nSPS) is 20.5. The van der Waals surface area contributed by atoms with Crippen molar-refractivity contribution in [3.8, 4) is 0 Å². The second-order valence-electron chi connectivity index (χ2n) is 4.62. The molecular formula is C13H16FN3O2. The Morgan fingerprint density at radius 2 is 2.21 bits per heavy atom. The summed E-state index contributed by atoms with van der Waals surface area (Å²) < 4.78 is 13.3. The maximum atomic E-state index is 13.3. The van der Waals surface area contributed by atoms with Crippen LogP contribution in [0.2, 0.25) is 0 Å². The molecule has 102 valence electrons. The molecule has 0 radical (unpaired) electrons. The highest BCUT2D eigenvalue weighted by atomic mass is 19.1. The lowest BCUT2D eigenvalue weighted by atomic mass is 10.1. The van der Waals surface area contributed by atoms with Gasteiger partial charge in [-0.25, -0.2) is 4.39 Å². The monoisotopic (exact) mass is 265 g/mol. The van der Waals surface area contributed by atoms with E-state index in [1.54, 1.807) is 24.0 Å². The molecule has 1 aromatic carbocycles. The average Bonchev–Trinajstić information content (AvgIpc) is 2.37. The zero-order valence-corrected chi connectivity index (χ0v) is 10.6. The highest BCUT2D eigenvalue weighted by Crippen LogP contribution is 2.15. The Balaban J connectivity index is 2.16. The van der Waals surface area contributed by atoms with Gasteiger partial charge >= 0.3 is 0 Å². The molecule has 1 aliphatic heterocycles. The minimum absolute atomic E-state index is 0.120. The molecule has 0 bridgehead atoms. The number of carbonyl (C=O) groups excluding carboxylic acids is 2. The van der Waals surface area contributed by atoms with Gasteiger partial charge < -0.3 is 5.73 Å². The zero-order valence-electron chi connectivity index (χ0n) is 10.6. The molecule has 1 atom stereocenters. The van der Waals surface area contributed by atoms with Crippen molar-refractivity contribution in [3.63, 3.8) is 0 Å². The first-order chi connectivity index (χ1) is 9.01. The van der Waals surface area contributed by atoms with E-state index in [1.807, 2.05) is 0 Å². The molecule has 19 heavy (non-hydrogen) atoms. The van der Waals surface area contributed by atoms with Gasteiger partial charge in [0.1, 0.15) is 5.82 Å². The Morgan fingerprint density at radius 3 is 2.89 bits per heavy atom. The van der Waals surface area contributed by atoms with Crippen LogP contribution in [-0.2, 0) is 22.7 Å². The van der Waals surface area contributed by atoms with Crippen LogP contribution in [-0.4, -0.2) is 29.3 Å². The first kappa shape index (κ1) is 13.6. The molecule has 2 amide bonds. The van der Waals surface area contributed by atoms with Crippen LogP contribution < -0.4 is 11.1 Å². The molecule has 0 aliphatic carbocycles. The van der Waals surface area contributed by atoms with Gasteiger partial charge in [-0.2, -0.15) is 0 Å². The van der Waals surface area contributed by atoms with E-state index >= 15 is 0 Å². The van der Waals surface area contributed by atoms with Crippen LogP contribution in [0.4, 0.5) is 4.39 Å². The summed E-state index contributed by atoms with van der Waals surface area (Å²) in [5.41, 5.74) is 6.71. The van der Waals surface area contributed by atoms with Crippen molar-refractivity contribution in [2.45, 2.75) is 26.1 Å². The van der Waals surface area contributed by atoms with E-state index in [4.69, 9.17) is 5.73 Å². The van der Waals surface area contributed by atoms with Crippen LogP contribution in [0.15, 0.2) is 18.2 Å². The number of halogens is 1. The Morgan fingerprint density at radius 1 is 1.47 bits per heavy atom. The molecule has 1 saturated heterocycles. The summed E-state index contributed by atoms with van der Waals surface area (Å²) in [4.78, 5) is 24.6. The van der Waals surface area contributed by atoms with Crippen LogP contribution in [0.1, 0.15) is 18.1 Å². The number of nitrogens with zero attached hydrogens (tertiary/aromatic N) is 1. The third-order valence-electron chi connectivity index (χ3n) is 3.25. The third kappa shape index (κ3) is 2.97. The molecule has 0 aromatic heterocycles. The second-order valence-corrected chi connectivity index (χ2v) is 4.62. The van der Waals surface area contributed by atoms with Gasteiger partial charge in [-0.15, -0.1) is 0 Å². The van der Waals surface area contributed by atoms with Crippen LogP contribution in [0.3, 0.4) is 0 Å². The van der Waals surface area contributed by atoms with E-state index < -0.39 is 0 Å². The summed E-state index contributed by atoms with van der Waals surface area (Å²) in [5.74, 6) is -0.964. The molecule has 2 rings (SSSR count). The number of nitrogens with two attached hydrogens (primary N) is 1. The summed E-state index contributed by atoms with van der Waals surface area (Å²) in [6, 6.07) is 4.27. The van der Waals surface area contributed by atoms with Gasteiger partial charge in [-0.1, -0.05) is 12.1 Å². The predicted molar refractivity (Wildman–Crippen MR) is 67.3 cm³/mol. The van der Waals surface area contributed by atoms with Crippen molar-refractivity contribution in [2.75, 3.05) is 6.54 Å². The van der Waals surface area contributed by atoms with Gasteiger partial charge in [0.25, 0.3) is 0 Å². The van der Waals surface area contributed by atoms with Crippen molar-refractivity contribution in [1.29, 1.82) is 0 Å². The van der Waals surface area contributed by atoms with Crippen LogP contribution in [0, 0.1) is 5.82 Å². The Kier molecular flexibility index (Phi) is 3.92. The maximum Gasteiger partial charge on any atom is 0.243 e. The third-order valence-corrected chi connectivity index (χ3v) is 3.25. The topological polar surface area (TPSA) is 75.4 Å². The summed E-state index contributed by atoms with van der Waals surface area (Å²) >= 11 is 0. The Hall–Kier alpha value is -1.79. The first-order valence-corrected chi connectivity index (χ1v) is 6.06. The van der Waals surface area contributed by atoms with Crippen LogP contribution >= 0.6 is 0 Å². The lowest BCUT2D eigenvalue weighted by molar-refractivity contribution is -0.139. The van der Waals surface area contributed by atoms with Crippen molar-refractivity contribution in [2.24, 2.45) is 5.73 Å². The maximum absolute atomic E-state index is 13.3. The number of piperazine rings is 1. The molecule has 0 spiro atoms. The molecule has 1 heterocycles. The lowest BCUT2D eigenvalue weighted by Crippen LogP contribution is -2.56. The van der Waals surface area contributed by atoms with Gasteiger partial charge in [0.05, 0.1) is 12.6 Å². The summed E-state index contributed by atoms with van der Waals surface area (Å²) in [7, 11) is 0. The van der Waals surface area contributed by atoms with Gasteiger partial charge in [-0.3, -0.25) is 19.8 Å². The van der Waals surface area contributed by atoms with Crippen LogP contribution in [0.5, 0.6) is 0 Å². The van der Waals surface area contributed by atoms with Crippen molar-refractivity contribution >= 4 is 11.8 Å². The van der Waals surface area contributed by atoms with Crippen molar-refractivity contribution < 1.29 is 14.0 Å². The standard InChI is InChI=1S/C13H16FN3O2/c1-8-13(19)16-12(18)7-17(8)6-9-2-3-11(14)10(4-9)5-15/h2-4,8H,5-7,15H2,1H3,(H,16,18,19). The molecule has 1 fully saturated rings. The fourth-order valence-corrected chi connectivity index (χ4v) is 2.08. The van der Waals surface area contributed by atoms with E-state index in [9.17, 15) is 14.0 Å². The van der Waals surface area contributed by atoms with Crippen LogP contribution in [0.25, 0.3) is 0 Å². The average molecular weight is 265 g/mol. The van der Waals surface area contributed by atoms with Gasteiger partial charge in [0.2, 0.25) is 11.8 Å². The number of hydrogen-bond donors (Lipinski definition) is 2. The number of rotatable bonds is 3. The number of carbonyl (C=O) groups is 2. The lowest BCUT2D eigenvalue weighted by Gasteiger charge is -2.31. The van der Waals surface area contributed by atoms with E-state index in [1.165, 1.54) is 6.07 Å². The fraction of sp³-hybridized carbons (Fsp3) is 0.385. The van der Waals surface area contributed by atoms with Gasteiger partial charge in [0.15, 0.2) is 0 Å². The molecule has 1 aliphatic rings. The molecule has 1 unspecified atom stereocenters. The fourth-order valence-electron chi connectivity index (χ4n) is 2.08. The summed E-state index contributed by atoms with van der Waals surface area (Å²) in [6.45, 7) is 2.42. The quantitative estimate of drug-likeness (QED) is 0.762. The Labute approximate surface area is 110 Å². The number of imide groups is 1. The highest BCUT2D eigenvalue weighted by molar-refractivity contribution is 6.00. The van der Waals surface area contributed by atoms with Crippen molar-refractivity contribution in [3.05, 3.63) is 35.1 Å². The minimum Gasteiger partial charge on any atom is -0.326 e. The van der Waals surface area contributed by atoms with E-state index in [-0.39, 0.29) is 36.8 Å². The molecular weight excluding hydrogens is 249 g/mol. The molecule has 1 aromatic rings. The van der Waals surface area contributed by atoms with Crippen molar-refractivity contribution in [1.82, 2.24) is 10.2 Å². The van der Waals surface area contributed by atoms with Gasteiger partial charge in [-0.05, 0) is 18.6 Å². The Bertz CT molecular complexity index is 519. The zero-order chi connectivity index (χ0) is 14.0. The highest BCUT2D eigenvalue weighted by Gasteiger charge is 2.29. The molecule has 5 nitrogen and oxygen atoms in total. The summed E-state index contributed by atoms with van der Waals surface area (Å²) in [5, 5.41) is 2.28. The second kappa shape index (κ2) is 5.46.